The average molecular weight is 530 g/mol. The molecule has 1 aliphatic rings. The smallest absolute Gasteiger partial charge is 0.321 e. The fourth-order valence-corrected chi connectivity index (χ4v) is 4.80. The highest BCUT2D eigenvalue weighted by molar-refractivity contribution is 9.10. The first-order chi connectivity index (χ1) is 15.8. The Kier molecular flexibility index (Phi) is 7.26. The highest BCUT2D eigenvalue weighted by Crippen LogP contribution is 2.34. The van der Waals surface area contributed by atoms with Crippen LogP contribution in [-0.2, 0) is 12.0 Å². The Morgan fingerprint density at radius 1 is 1.21 bits per heavy atom. The topological polar surface area (TPSA) is 109 Å². The Morgan fingerprint density at radius 2 is 1.88 bits per heavy atom. The van der Waals surface area contributed by atoms with Crippen molar-refractivity contribution in [3.63, 3.8) is 0 Å². The Balaban J connectivity index is 1.30. The molecule has 4 rings (SSSR count). The van der Waals surface area contributed by atoms with Crippen LogP contribution in [0.2, 0.25) is 0 Å². The lowest BCUT2D eigenvalue weighted by Crippen LogP contribution is -2.40. The van der Waals surface area contributed by atoms with Crippen molar-refractivity contribution >= 4 is 44.4 Å². The molecule has 3 aromatic rings. The minimum atomic E-state index is -0.313. The van der Waals surface area contributed by atoms with Crippen molar-refractivity contribution in [2.45, 2.75) is 44.7 Å². The van der Waals surface area contributed by atoms with Gasteiger partial charge in [-0.15, -0.1) is 11.3 Å². The number of hydrogen-bond donors (Lipinski definition) is 3. The fraction of sp³-hybridized carbons (Fsp3) is 0.391. The second-order valence-corrected chi connectivity index (χ2v) is 10.5. The lowest BCUT2D eigenvalue weighted by Gasteiger charge is -2.30. The predicted octanol–water partition coefficient (Wildman–Crippen LogP) is 4.27. The molecule has 0 saturated carbocycles. The summed E-state index contributed by atoms with van der Waals surface area (Å²) in [7, 11) is 0. The highest BCUT2D eigenvalue weighted by Gasteiger charge is 2.26. The normalized spacial score (nSPS) is 14.8. The van der Waals surface area contributed by atoms with Crippen molar-refractivity contribution in [1.82, 2.24) is 20.3 Å². The summed E-state index contributed by atoms with van der Waals surface area (Å²) in [6.45, 7) is 6.32. The molecule has 1 aromatic carbocycles. The first kappa shape index (κ1) is 23.6. The van der Waals surface area contributed by atoms with Gasteiger partial charge in [0.2, 0.25) is 5.95 Å². The monoisotopic (exact) mass is 529 g/mol. The highest BCUT2D eigenvalue weighted by atomic mass is 79.9. The van der Waals surface area contributed by atoms with Gasteiger partial charge in [-0.3, -0.25) is 5.32 Å². The number of thiazole rings is 1. The summed E-state index contributed by atoms with van der Waals surface area (Å²) >= 11 is 4.88. The van der Waals surface area contributed by atoms with Gasteiger partial charge < -0.3 is 16.0 Å². The SMILES string of the molecule is CC(C)(c1ccc(Br)cc1)c1csc(NC(=O)NCc2cnc(N3CCC(N)CC3)nc2)n1. The number of amides is 2. The van der Waals surface area contributed by atoms with E-state index in [4.69, 9.17) is 5.73 Å². The second kappa shape index (κ2) is 10.1. The number of halogens is 1. The standard InChI is InChI=1S/C23H28BrN7OS/c1-23(2,16-3-5-17(24)6-4-16)19-14-33-22(29-19)30-21(32)28-13-15-11-26-20(27-12-15)31-9-7-18(25)8-10-31/h3-6,11-12,14,18H,7-10,13,25H2,1-2H3,(H2,28,29,30,32). The molecule has 0 atom stereocenters. The lowest BCUT2D eigenvalue weighted by molar-refractivity contribution is 0.251. The number of carbonyl (C=O) groups is 1. The molecule has 10 heteroatoms. The van der Waals surface area contributed by atoms with Gasteiger partial charge in [-0.1, -0.05) is 41.9 Å². The molecule has 0 radical (unpaired) electrons. The molecule has 1 saturated heterocycles. The first-order valence-electron chi connectivity index (χ1n) is 10.9. The van der Waals surface area contributed by atoms with Crippen molar-refractivity contribution < 1.29 is 4.79 Å². The molecule has 4 N–H and O–H groups in total. The van der Waals surface area contributed by atoms with E-state index in [2.05, 4.69) is 72.4 Å². The molecule has 0 bridgehead atoms. The van der Waals surface area contributed by atoms with Crippen molar-refractivity contribution in [3.05, 3.63) is 63.3 Å². The number of nitrogens with zero attached hydrogens (tertiary/aromatic N) is 4. The van der Waals surface area contributed by atoms with Crippen LogP contribution in [0.1, 0.15) is 43.5 Å². The van der Waals surface area contributed by atoms with Crippen LogP contribution in [0.4, 0.5) is 15.9 Å². The molecule has 174 valence electrons. The molecule has 1 fully saturated rings. The largest absolute Gasteiger partial charge is 0.341 e. The van der Waals surface area contributed by atoms with Gasteiger partial charge in [0.1, 0.15) is 0 Å². The summed E-state index contributed by atoms with van der Waals surface area (Å²) in [6, 6.07) is 8.16. The molecular weight excluding hydrogens is 502 g/mol. The van der Waals surface area contributed by atoms with Crippen LogP contribution in [0.3, 0.4) is 0 Å². The van der Waals surface area contributed by atoms with Crippen molar-refractivity contribution in [1.29, 1.82) is 0 Å². The van der Waals surface area contributed by atoms with Crippen molar-refractivity contribution in [2.24, 2.45) is 5.73 Å². The maximum Gasteiger partial charge on any atom is 0.321 e. The second-order valence-electron chi connectivity index (χ2n) is 8.69. The fourth-order valence-electron chi connectivity index (χ4n) is 3.66. The zero-order valence-electron chi connectivity index (χ0n) is 18.7. The Bertz CT molecular complexity index is 1080. The summed E-state index contributed by atoms with van der Waals surface area (Å²) in [5.74, 6) is 0.707. The number of benzene rings is 1. The Hall–Kier alpha value is -2.56. The number of hydrogen-bond acceptors (Lipinski definition) is 7. The number of anilines is 2. The number of nitrogens with two attached hydrogens (primary N) is 1. The van der Waals surface area contributed by atoms with Crippen LogP contribution in [0.15, 0.2) is 46.5 Å². The third kappa shape index (κ3) is 5.87. The van der Waals surface area contributed by atoms with Crippen molar-refractivity contribution in [3.8, 4) is 0 Å². The van der Waals surface area contributed by atoms with Crippen LogP contribution in [0.25, 0.3) is 0 Å². The molecular formula is C23H28BrN7OS. The van der Waals surface area contributed by atoms with E-state index in [-0.39, 0.29) is 17.5 Å². The summed E-state index contributed by atoms with van der Waals surface area (Å²) in [6.07, 6.45) is 5.40. The van der Waals surface area contributed by atoms with Gasteiger partial charge in [0.05, 0.1) is 5.69 Å². The van der Waals surface area contributed by atoms with E-state index in [1.807, 2.05) is 17.5 Å². The van der Waals surface area contributed by atoms with E-state index in [0.717, 1.165) is 47.2 Å². The summed E-state index contributed by atoms with van der Waals surface area (Å²) in [5.41, 5.74) is 8.58. The predicted molar refractivity (Wildman–Crippen MR) is 136 cm³/mol. The number of rotatable bonds is 6. The Labute approximate surface area is 206 Å². The zero-order chi connectivity index (χ0) is 23.4. The van der Waals surface area contributed by atoms with Gasteiger partial charge in [0, 0.05) is 58.9 Å². The maximum absolute atomic E-state index is 12.4. The van der Waals surface area contributed by atoms with Gasteiger partial charge in [-0.25, -0.2) is 19.7 Å². The zero-order valence-corrected chi connectivity index (χ0v) is 21.1. The molecule has 1 aliphatic heterocycles. The third-order valence-corrected chi connectivity index (χ3v) is 7.18. The minimum absolute atomic E-state index is 0.268. The Morgan fingerprint density at radius 3 is 2.55 bits per heavy atom. The number of nitrogens with one attached hydrogen (secondary N) is 2. The number of urea groups is 1. The van der Waals surface area contributed by atoms with Crippen molar-refractivity contribution in [2.75, 3.05) is 23.3 Å². The van der Waals surface area contributed by atoms with Crippen LogP contribution in [0.5, 0.6) is 0 Å². The molecule has 33 heavy (non-hydrogen) atoms. The van der Waals surface area contributed by atoms with Gasteiger partial charge in [-0.2, -0.15) is 0 Å². The number of carbonyl (C=O) groups excluding carboxylic acids is 1. The molecule has 3 heterocycles. The van der Waals surface area contributed by atoms with Crippen LogP contribution >= 0.6 is 27.3 Å². The first-order valence-corrected chi connectivity index (χ1v) is 12.6. The molecule has 0 aliphatic carbocycles. The molecule has 2 aromatic heterocycles. The quantitative estimate of drug-likeness (QED) is 0.439. The maximum atomic E-state index is 12.4. The molecule has 2 amide bonds. The van der Waals surface area contributed by atoms with Crippen LogP contribution in [-0.4, -0.2) is 40.1 Å². The number of aromatic nitrogens is 3. The molecule has 8 nitrogen and oxygen atoms in total. The summed E-state index contributed by atoms with van der Waals surface area (Å²) < 4.78 is 1.04. The van der Waals surface area contributed by atoms with Crippen LogP contribution < -0.4 is 21.3 Å². The van der Waals surface area contributed by atoms with E-state index in [0.29, 0.717) is 17.6 Å². The number of piperidine rings is 1. The van der Waals surface area contributed by atoms with Gasteiger partial charge in [0.15, 0.2) is 5.13 Å². The molecule has 0 unspecified atom stereocenters. The van der Waals surface area contributed by atoms with E-state index < -0.39 is 0 Å². The third-order valence-electron chi connectivity index (χ3n) is 5.90. The van der Waals surface area contributed by atoms with E-state index in [1.54, 1.807) is 12.4 Å². The van der Waals surface area contributed by atoms with E-state index >= 15 is 0 Å². The summed E-state index contributed by atoms with van der Waals surface area (Å²) in [5, 5.41) is 8.20. The van der Waals surface area contributed by atoms with Gasteiger partial charge >= 0.3 is 6.03 Å². The van der Waals surface area contributed by atoms with Gasteiger partial charge in [-0.05, 0) is 30.5 Å². The summed E-state index contributed by atoms with van der Waals surface area (Å²) in [4.78, 5) is 28.0. The minimum Gasteiger partial charge on any atom is -0.341 e. The van der Waals surface area contributed by atoms with Gasteiger partial charge in [0.25, 0.3) is 0 Å². The average Bonchev–Trinajstić information content (AvgIpc) is 3.28. The molecule has 0 spiro atoms. The van der Waals surface area contributed by atoms with E-state index in [1.165, 1.54) is 11.3 Å². The van der Waals surface area contributed by atoms with E-state index in [9.17, 15) is 4.79 Å². The lowest BCUT2D eigenvalue weighted by atomic mass is 9.82. The van der Waals surface area contributed by atoms with Crippen LogP contribution in [0, 0.1) is 0 Å².